The lowest BCUT2D eigenvalue weighted by molar-refractivity contribution is 0.0512. The van der Waals surface area contributed by atoms with Crippen LogP contribution >= 0.6 is 15.9 Å². The van der Waals surface area contributed by atoms with Crippen molar-refractivity contribution in [2.45, 2.75) is 51.3 Å². The van der Waals surface area contributed by atoms with E-state index in [9.17, 15) is 9.90 Å². The number of aliphatic hydroxyl groups is 1. The van der Waals surface area contributed by atoms with Gasteiger partial charge in [-0.05, 0) is 56.4 Å². The summed E-state index contributed by atoms with van der Waals surface area (Å²) in [6.45, 7) is 4.66. The first kappa shape index (κ1) is 19.6. The monoisotopic (exact) mass is 446 g/mol. The van der Waals surface area contributed by atoms with E-state index < -0.39 is 0 Å². The number of hydrogen-bond acceptors (Lipinski definition) is 4. The highest BCUT2D eigenvalue weighted by Crippen LogP contribution is 2.33. The Morgan fingerprint density at radius 3 is 2.75 bits per heavy atom. The van der Waals surface area contributed by atoms with E-state index in [2.05, 4.69) is 25.9 Å². The predicted octanol–water partition coefficient (Wildman–Crippen LogP) is 3.52. The molecule has 1 N–H and O–H groups in total. The molecule has 28 heavy (non-hydrogen) atoms. The number of halogens is 1. The first-order chi connectivity index (χ1) is 13.5. The smallest absolute Gasteiger partial charge is 0.278 e. The third kappa shape index (κ3) is 3.63. The van der Waals surface area contributed by atoms with Crippen LogP contribution < -0.4 is 4.90 Å². The molecular formula is C21H27BrN4O2. The van der Waals surface area contributed by atoms with E-state index in [1.807, 2.05) is 35.9 Å². The summed E-state index contributed by atoms with van der Waals surface area (Å²) in [6, 6.07) is 8.13. The van der Waals surface area contributed by atoms with Crippen LogP contribution in [0.1, 0.15) is 53.5 Å². The van der Waals surface area contributed by atoms with Gasteiger partial charge in [0.25, 0.3) is 5.91 Å². The van der Waals surface area contributed by atoms with Crippen molar-refractivity contribution in [1.82, 2.24) is 14.7 Å². The summed E-state index contributed by atoms with van der Waals surface area (Å²) >= 11 is 3.54. The largest absolute Gasteiger partial charge is 0.393 e. The third-order valence-electron chi connectivity index (χ3n) is 6.06. The zero-order valence-electron chi connectivity index (χ0n) is 16.4. The molecule has 4 rings (SSSR count). The second kappa shape index (κ2) is 7.97. The van der Waals surface area contributed by atoms with Crippen molar-refractivity contribution >= 4 is 27.5 Å². The van der Waals surface area contributed by atoms with Crippen LogP contribution in [0.15, 0.2) is 28.7 Å². The van der Waals surface area contributed by atoms with Crippen LogP contribution in [0.3, 0.4) is 0 Å². The summed E-state index contributed by atoms with van der Waals surface area (Å²) in [5.41, 5.74) is 3.55. The summed E-state index contributed by atoms with van der Waals surface area (Å²) in [5.74, 6) is -0.0871. The van der Waals surface area contributed by atoms with Gasteiger partial charge in [0.05, 0.1) is 17.8 Å². The van der Waals surface area contributed by atoms with Gasteiger partial charge in [0.15, 0.2) is 5.69 Å². The summed E-state index contributed by atoms with van der Waals surface area (Å²) in [6.07, 6.45) is 3.61. The van der Waals surface area contributed by atoms with Gasteiger partial charge in [-0.3, -0.25) is 14.4 Å². The van der Waals surface area contributed by atoms with Gasteiger partial charge in [-0.15, -0.1) is 0 Å². The molecule has 1 atom stereocenters. The molecular weight excluding hydrogens is 420 g/mol. The average molecular weight is 447 g/mol. The summed E-state index contributed by atoms with van der Waals surface area (Å²) in [7, 11) is 1.80. The second-order valence-electron chi connectivity index (χ2n) is 7.85. The Morgan fingerprint density at radius 2 is 2.00 bits per heavy atom. The fraction of sp³-hybridized carbons (Fsp3) is 0.524. The van der Waals surface area contributed by atoms with Crippen molar-refractivity contribution in [3.63, 3.8) is 0 Å². The number of carbonyl (C=O) groups excluding carboxylic acids is 1. The van der Waals surface area contributed by atoms with Gasteiger partial charge in [0.2, 0.25) is 0 Å². The van der Waals surface area contributed by atoms with Crippen molar-refractivity contribution < 1.29 is 9.90 Å². The van der Waals surface area contributed by atoms with Gasteiger partial charge in [0.1, 0.15) is 0 Å². The van der Waals surface area contributed by atoms with Crippen molar-refractivity contribution in [3.05, 3.63) is 45.7 Å². The molecule has 0 aliphatic carbocycles. The molecule has 0 bridgehead atoms. The van der Waals surface area contributed by atoms with Gasteiger partial charge < -0.3 is 10.0 Å². The van der Waals surface area contributed by atoms with Gasteiger partial charge in [-0.1, -0.05) is 22.0 Å². The first-order valence-corrected chi connectivity index (χ1v) is 10.8. The van der Waals surface area contributed by atoms with Crippen LogP contribution in [0.2, 0.25) is 0 Å². The lowest BCUT2D eigenvalue weighted by Gasteiger charge is -2.38. The van der Waals surface area contributed by atoms with E-state index in [0.29, 0.717) is 5.69 Å². The number of hydrogen-bond donors (Lipinski definition) is 1. The van der Waals surface area contributed by atoms with Crippen LogP contribution in [0.5, 0.6) is 0 Å². The van der Waals surface area contributed by atoms with Crippen LogP contribution in [0, 0.1) is 6.92 Å². The maximum absolute atomic E-state index is 13.1. The number of carbonyl (C=O) groups is 1. The molecule has 1 amide bonds. The van der Waals surface area contributed by atoms with E-state index in [-0.39, 0.29) is 18.1 Å². The lowest BCUT2D eigenvalue weighted by Crippen LogP contribution is -2.40. The third-order valence-corrected chi connectivity index (χ3v) is 6.92. The molecule has 7 heteroatoms. The molecule has 1 saturated heterocycles. The number of likely N-dealkylation sites (tertiary alicyclic amines) is 1. The Bertz CT molecular complexity index is 873. The Labute approximate surface area is 174 Å². The molecule has 2 aliphatic rings. The van der Waals surface area contributed by atoms with E-state index in [1.54, 1.807) is 11.9 Å². The Hall–Kier alpha value is -1.70. The molecule has 0 unspecified atom stereocenters. The molecule has 2 aromatic rings. The highest BCUT2D eigenvalue weighted by molar-refractivity contribution is 9.10. The van der Waals surface area contributed by atoms with Crippen molar-refractivity contribution in [3.8, 4) is 0 Å². The van der Waals surface area contributed by atoms with Gasteiger partial charge in [-0.2, -0.15) is 5.10 Å². The first-order valence-electron chi connectivity index (χ1n) is 9.98. The van der Waals surface area contributed by atoms with E-state index >= 15 is 0 Å². The normalized spacial score (nSPS) is 20.8. The topological polar surface area (TPSA) is 61.6 Å². The van der Waals surface area contributed by atoms with Gasteiger partial charge >= 0.3 is 0 Å². The molecule has 1 aromatic heterocycles. The van der Waals surface area contributed by atoms with Gasteiger partial charge in [-0.25, -0.2) is 0 Å². The highest BCUT2D eigenvalue weighted by Gasteiger charge is 2.32. The number of aliphatic hydroxyl groups excluding tert-OH is 1. The number of fused-ring (bicyclic) bond motifs is 1. The van der Waals surface area contributed by atoms with Crippen LogP contribution in [0.4, 0.5) is 5.69 Å². The number of aromatic nitrogens is 2. The quantitative estimate of drug-likeness (QED) is 0.783. The maximum atomic E-state index is 13.1. The van der Waals surface area contributed by atoms with Crippen LogP contribution in [0.25, 0.3) is 0 Å². The molecule has 1 fully saturated rings. The molecule has 2 aliphatic heterocycles. The number of amides is 1. The molecule has 3 heterocycles. The summed E-state index contributed by atoms with van der Waals surface area (Å²) < 4.78 is 3.00. The van der Waals surface area contributed by atoms with Crippen LogP contribution in [-0.2, 0) is 6.54 Å². The molecule has 1 aromatic carbocycles. The van der Waals surface area contributed by atoms with Gasteiger partial charge in [0, 0.05) is 36.8 Å². The fourth-order valence-corrected chi connectivity index (χ4v) is 4.73. The number of piperidine rings is 1. The molecule has 6 nitrogen and oxygen atoms in total. The minimum atomic E-state index is -0.177. The van der Waals surface area contributed by atoms with Crippen molar-refractivity contribution in [2.75, 3.05) is 25.0 Å². The standard InChI is InChI=1S/C21H27BrN4O2/c1-14-16(22)5-3-6-18(14)24(2)21(28)17-13-20-19(7-4-10-26(20)23-17)25-11-8-15(27)9-12-25/h3,5-6,13,15,19,27H,4,7-12H2,1-2H3/t19-/m1/s1. The zero-order chi connectivity index (χ0) is 19.8. The lowest BCUT2D eigenvalue weighted by atomic mass is 9.98. The average Bonchev–Trinajstić information content (AvgIpc) is 3.14. The number of aryl methyl sites for hydroxylation is 1. The van der Waals surface area contributed by atoms with Crippen molar-refractivity contribution in [1.29, 1.82) is 0 Å². The second-order valence-corrected chi connectivity index (χ2v) is 8.71. The SMILES string of the molecule is Cc1c(Br)cccc1N(C)C(=O)c1cc2n(n1)CCC[C@H]2N1CCC(O)CC1. The molecule has 0 saturated carbocycles. The zero-order valence-corrected chi connectivity index (χ0v) is 18.0. The number of benzene rings is 1. The summed E-state index contributed by atoms with van der Waals surface area (Å²) in [4.78, 5) is 17.3. The number of rotatable bonds is 3. The number of nitrogens with zero attached hydrogens (tertiary/aromatic N) is 4. The van der Waals surface area contributed by atoms with Crippen molar-refractivity contribution in [2.24, 2.45) is 0 Å². The molecule has 0 radical (unpaired) electrons. The predicted molar refractivity (Wildman–Crippen MR) is 113 cm³/mol. The Kier molecular flexibility index (Phi) is 5.58. The maximum Gasteiger partial charge on any atom is 0.278 e. The molecule has 150 valence electrons. The van der Waals surface area contributed by atoms with E-state index in [4.69, 9.17) is 0 Å². The number of anilines is 1. The minimum absolute atomic E-state index is 0.0871. The summed E-state index contributed by atoms with van der Waals surface area (Å²) in [5, 5.41) is 14.5. The molecule has 0 spiro atoms. The fourth-order valence-electron chi connectivity index (χ4n) is 4.37. The Morgan fingerprint density at radius 1 is 1.25 bits per heavy atom. The van der Waals surface area contributed by atoms with Crippen LogP contribution in [-0.4, -0.2) is 51.9 Å². The minimum Gasteiger partial charge on any atom is -0.393 e. The van der Waals surface area contributed by atoms with E-state index in [0.717, 1.165) is 66.7 Å². The Balaban J connectivity index is 1.58. The van der Waals surface area contributed by atoms with E-state index in [1.165, 1.54) is 0 Å². The highest BCUT2D eigenvalue weighted by atomic mass is 79.9.